The highest BCUT2D eigenvalue weighted by molar-refractivity contribution is 9.10. The third kappa shape index (κ3) is 1.88. The van der Waals surface area contributed by atoms with E-state index in [9.17, 15) is 0 Å². The van der Waals surface area contributed by atoms with Crippen molar-refractivity contribution in [3.63, 3.8) is 0 Å². The quantitative estimate of drug-likeness (QED) is 0.791. The summed E-state index contributed by atoms with van der Waals surface area (Å²) in [7, 11) is 0. The fraction of sp³-hybridized carbons (Fsp3) is 0.571. The van der Waals surface area contributed by atoms with Gasteiger partial charge in [-0.15, -0.1) is 0 Å². The van der Waals surface area contributed by atoms with Crippen molar-refractivity contribution in [2.75, 3.05) is 18.0 Å². The Labute approximate surface area is 106 Å². The summed E-state index contributed by atoms with van der Waals surface area (Å²) in [6, 6.07) is 6.60. The summed E-state index contributed by atoms with van der Waals surface area (Å²) in [5.41, 5.74) is 2.99. The lowest BCUT2D eigenvalue weighted by Crippen LogP contribution is -2.26. The molecule has 1 fully saturated rings. The molecule has 3 rings (SSSR count). The number of fused-ring (bicyclic) bond motifs is 1. The van der Waals surface area contributed by atoms with E-state index in [1.54, 1.807) is 0 Å². The molecule has 1 saturated carbocycles. The minimum absolute atomic E-state index is 0.943. The van der Waals surface area contributed by atoms with Gasteiger partial charge in [0, 0.05) is 17.6 Å². The van der Waals surface area contributed by atoms with Crippen molar-refractivity contribution in [1.82, 2.24) is 0 Å². The predicted molar refractivity (Wildman–Crippen MR) is 72.0 cm³/mol. The van der Waals surface area contributed by atoms with Crippen LogP contribution in [-0.4, -0.2) is 13.1 Å². The van der Waals surface area contributed by atoms with Gasteiger partial charge in [-0.05, 0) is 52.7 Å². The first kappa shape index (κ1) is 10.6. The SMILES string of the molecule is Brc1cccc2c1N(CC1CCCC1)CC2. The number of anilines is 1. The summed E-state index contributed by atoms with van der Waals surface area (Å²) in [5.74, 6) is 0.943. The summed E-state index contributed by atoms with van der Waals surface area (Å²) in [6.45, 7) is 2.49. The van der Waals surface area contributed by atoms with E-state index in [1.807, 2.05) is 0 Å². The topological polar surface area (TPSA) is 3.24 Å². The number of para-hydroxylation sites is 1. The van der Waals surface area contributed by atoms with Crippen LogP contribution in [0.3, 0.4) is 0 Å². The van der Waals surface area contributed by atoms with Crippen LogP contribution in [-0.2, 0) is 6.42 Å². The van der Waals surface area contributed by atoms with Gasteiger partial charge in [0.1, 0.15) is 0 Å². The zero-order chi connectivity index (χ0) is 11.0. The molecule has 1 aliphatic heterocycles. The van der Waals surface area contributed by atoms with Gasteiger partial charge < -0.3 is 4.90 Å². The minimum Gasteiger partial charge on any atom is -0.370 e. The predicted octanol–water partition coefficient (Wildman–Crippen LogP) is 4.00. The van der Waals surface area contributed by atoms with Crippen molar-refractivity contribution in [3.05, 3.63) is 28.2 Å². The molecule has 0 radical (unpaired) electrons. The Morgan fingerprint density at radius 1 is 1.25 bits per heavy atom. The van der Waals surface area contributed by atoms with Crippen molar-refractivity contribution < 1.29 is 0 Å². The number of benzene rings is 1. The van der Waals surface area contributed by atoms with Gasteiger partial charge in [0.15, 0.2) is 0 Å². The van der Waals surface area contributed by atoms with Crippen molar-refractivity contribution in [1.29, 1.82) is 0 Å². The number of hydrogen-bond donors (Lipinski definition) is 0. The van der Waals surface area contributed by atoms with Crippen LogP contribution in [0, 0.1) is 5.92 Å². The highest BCUT2D eigenvalue weighted by Crippen LogP contribution is 2.37. The van der Waals surface area contributed by atoms with Gasteiger partial charge in [0.25, 0.3) is 0 Å². The van der Waals surface area contributed by atoms with Gasteiger partial charge in [-0.25, -0.2) is 0 Å². The third-order valence-corrected chi connectivity index (χ3v) is 4.63. The maximum atomic E-state index is 3.70. The lowest BCUT2D eigenvalue weighted by Gasteiger charge is -2.24. The molecular weight excluding hydrogens is 262 g/mol. The van der Waals surface area contributed by atoms with Crippen LogP contribution in [0.25, 0.3) is 0 Å². The Bertz CT molecular complexity index is 382. The van der Waals surface area contributed by atoms with Gasteiger partial charge in [0.05, 0.1) is 5.69 Å². The van der Waals surface area contributed by atoms with Crippen LogP contribution in [0.4, 0.5) is 5.69 Å². The van der Waals surface area contributed by atoms with Crippen molar-refractivity contribution >= 4 is 21.6 Å². The summed E-state index contributed by atoms with van der Waals surface area (Å²) >= 11 is 3.70. The second kappa shape index (κ2) is 4.40. The molecule has 0 atom stereocenters. The normalized spacial score (nSPS) is 20.4. The smallest absolute Gasteiger partial charge is 0.0544 e. The van der Waals surface area contributed by atoms with Crippen LogP contribution < -0.4 is 4.90 Å². The standard InChI is InChI=1S/C14H18BrN/c15-13-7-3-6-12-8-9-16(14(12)13)10-11-4-1-2-5-11/h3,6-7,11H,1-2,4-5,8-10H2. The van der Waals surface area contributed by atoms with Gasteiger partial charge in [0.2, 0.25) is 0 Å². The second-order valence-corrected chi connectivity index (χ2v) is 5.95. The first-order valence-electron chi connectivity index (χ1n) is 6.37. The molecule has 0 saturated heterocycles. The second-order valence-electron chi connectivity index (χ2n) is 5.09. The van der Waals surface area contributed by atoms with Crippen LogP contribution in [0.5, 0.6) is 0 Å². The fourth-order valence-electron chi connectivity index (χ4n) is 3.17. The van der Waals surface area contributed by atoms with E-state index >= 15 is 0 Å². The maximum absolute atomic E-state index is 3.70. The van der Waals surface area contributed by atoms with E-state index in [0.29, 0.717) is 0 Å². The van der Waals surface area contributed by atoms with Crippen LogP contribution in [0.15, 0.2) is 22.7 Å². The summed E-state index contributed by atoms with van der Waals surface area (Å²) in [4.78, 5) is 2.59. The fourth-order valence-corrected chi connectivity index (χ4v) is 3.83. The van der Waals surface area contributed by atoms with Crippen LogP contribution in [0.1, 0.15) is 31.2 Å². The first-order valence-corrected chi connectivity index (χ1v) is 7.16. The molecule has 1 aromatic rings. The van der Waals surface area contributed by atoms with Gasteiger partial charge in [-0.2, -0.15) is 0 Å². The highest BCUT2D eigenvalue weighted by Gasteiger charge is 2.25. The van der Waals surface area contributed by atoms with Crippen LogP contribution in [0.2, 0.25) is 0 Å². The maximum Gasteiger partial charge on any atom is 0.0544 e. The zero-order valence-electron chi connectivity index (χ0n) is 9.58. The van der Waals surface area contributed by atoms with Crippen LogP contribution >= 0.6 is 15.9 Å². The lowest BCUT2D eigenvalue weighted by molar-refractivity contribution is 0.538. The molecule has 0 bridgehead atoms. The van der Waals surface area contributed by atoms with E-state index in [4.69, 9.17) is 0 Å². The molecule has 2 aliphatic rings. The Balaban J connectivity index is 1.79. The summed E-state index contributed by atoms with van der Waals surface area (Å²) in [6.07, 6.45) is 7.00. The molecule has 1 aromatic carbocycles. The largest absolute Gasteiger partial charge is 0.370 e. The van der Waals surface area contributed by atoms with Crippen molar-refractivity contribution in [3.8, 4) is 0 Å². The molecule has 2 heteroatoms. The van der Waals surface area contributed by atoms with E-state index in [2.05, 4.69) is 39.0 Å². The Hall–Kier alpha value is -0.500. The molecule has 0 spiro atoms. The third-order valence-electron chi connectivity index (χ3n) is 3.99. The average Bonchev–Trinajstić information content (AvgIpc) is 2.90. The molecule has 16 heavy (non-hydrogen) atoms. The monoisotopic (exact) mass is 279 g/mol. The number of nitrogens with zero attached hydrogens (tertiary/aromatic N) is 1. The van der Waals surface area contributed by atoms with Crippen molar-refractivity contribution in [2.45, 2.75) is 32.1 Å². The van der Waals surface area contributed by atoms with Gasteiger partial charge in [-0.1, -0.05) is 25.0 Å². The number of rotatable bonds is 2. The summed E-state index contributed by atoms with van der Waals surface area (Å²) in [5, 5.41) is 0. The number of halogens is 1. The first-order chi connectivity index (χ1) is 7.84. The molecule has 0 amide bonds. The lowest BCUT2D eigenvalue weighted by atomic mass is 10.1. The van der Waals surface area contributed by atoms with Crippen molar-refractivity contribution in [2.24, 2.45) is 5.92 Å². The average molecular weight is 280 g/mol. The Kier molecular flexibility index (Phi) is 2.93. The molecule has 0 N–H and O–H groups in total. The Morgan fingerprint density at radius 3 is 2.88 bits per heavy atom. The molecule has 1 nitrogen and oxygen atoms in total. The van der Waals surface area contributed by atoms with E-state index < -0.39 is 0 Å². The van der Waals surface area contributed by atoms with Gasteiger partial charge in [-0.3, -0.25) is 0 Å². The van der Waals surface area contributed by atoms with E-state index in [0.717, 1.165) is 5.92 Å². The van der Waals surface area contributed by atoms with Gasteiger partial charge >= 0.3 is 0 Å². The molecular formula is C14H18BrN. The van der Waals surface area contributed by atoms with E-state index in [1.165, 1.54) is 60.9 Å². The summed E-state index contributed by atoms with van der Waals surface area (Å²) < 4.78 is 1.28. The molecule has 1 heterocycles. The molecule has 86 valence electrons. The molecule has 0 unspecified atom stereocenters. The number of hydrogen-bond acceptors (Lipinski definition) is 1. The van der Waals surface area contributed by atoms with E-state index in [-0.39, 0.29) is 0 Å². The Morgan fingerprint density at radius 2 is 2.06 bits per heavy atom. The molecule has 0 aromatic heterocycles. The zero-order valence-corrected chi connectivity index (χ0v) is 11.2. The minimum atomic E-state index is 0.943. The highest BCUT2D eigenvalue weighted by atomic mass is 79.9. The molecule has 1 aliphatic carbocycles.